The summed E-state index contributed by atoms with van der Waals surface area (Å²) < 4.78 is 0. The Kier molecular flexibility index (Phi) is 5.22. The molecule has 0 bridgehead atoms. The summed E-state index contributed by atoms with van der Waals surface area (Å²) in [4.78, 5) is 11.9. The lowest BCUT2D eigenvalue weighted by Gasteiger charge is -2.24. The maximum absolute atomic E-state index is 11.9. The third kappa shape index (κ3) is 3.46. The number of nitrogens with one attached hydrogen (secondary N) is 1. The predicted molar refractivity (Wildman–Crippen MR) is 63.9 cm³/mol. The molecule has 0 aromatic carbocycles. The summed E-state index contributed by atoms with van der Waals surface area (Å²) in [5.41, 5.74) is 5.42. The van der Waals surface area contributed by atoms with E-state index in [0.717, 1.165) is 38.5 Å². The van der Waals surface area contributed by atoms with Crippen LogP contribution in [-0.4, -0.2) is 29.7 Å². The van der Waals surface area contributed by atoms with Crippen LogP contribution in [0, 0.1) is 5.92 Å². The van der Waals surface area contributed by atoms with E-state index in [0.29, 0.717) is 12.5 Å². The van der Waals surface area contributed by atoms with Gasteiger partial charge in [-0.05, 0) is 25.2 Å². The molecule has 0 heterocycles. The minimum atomic E-state index is -0.627. The molecule has 16 heavy (non-hydrogen) atoms. The molecule has 0 aromatic rings. The fourth-order valence-electron chi connectivity index (χ4n) is 2.28. The molecule has 0 aromatic heterocycles. The smallest absolute Gasteiger partial charge is 0.240 e. The van der Waals surface area contributed by atoms with Crippen LogP contribution in [0.15, 0.2) is 0 Å². The standard InChI is InChI=1S/C12H24N2O2/c1-2-10(5-8-15)9-14-11(16)12(13)6-3-4-7-12/h10,15H,2-9,13H2,1H3,(H,14,16). The zero-order valence-electron chi connectivity index (χ0n) is 10.2. The molecule has 0 aliphatic heterocycles. The Labute approximate surface area is 97.6 Å². The Bertz CT molecular complexity index is 225. The molecular formula is C12H24N2O2. The normalized spacial score (nSPS) is 20.7. The number of carbonyl (C=O) groups excluding carboxylic acids is 1. The van der Waals surface area contributed by atoms with Gasteiger partial charge in [0.1, 0.15) is 0 Å². The first-order valence-corrected chi connectivity index (χ1v) is 6.30. The largest absolute Gasteiger partial charge is 0.396 e. The monoisotopic (exact) mass is 228 g/mol. The van der Waals surface area contributed by atoms with Crippen LogP contribution in [0.4, 0.5) is 0 Å². The summed E-state index contributed by atoms with van der Waals surface area (Å²) in [5, 5.41) is 11.8. The van der Waals surface area contributed by atoms with Crippen LogP contribution in [0.3, 0.4) is 0 Å². The maximum Gasteiger partial charge on any atom is 0.240 e. The Morgan fingerprint density at radius 2 is 2.12 bits per heavy atom. The van der Waals surface area contributed by atoms with Gasteiger partial charge in [-0.15, -0.1) is 0 Å². The molecule has 1 unspecified atom stereocenters. The maximum atomic E-state index is 11.9. The summed E-state index contributed by atoms with van der Waals surface area (Å²) >= 11 is 0. The summed E-state index contributed by atoms with van der Waals surface area (Å²) in [5.74, 6) is 0.348. The van der Waals surface area contributed by atoms with E-state index < -0.39 is 5.54 Å². The van der Waals surface area contributed by atoms with Gasteiger partial charge in [-0.1, -0.05) is 26.2 Å². The van der Waals surface area contributed by atoms with E-state index in [2.05, 4.69) is 12.2 Å². The van der Waals surface area contributed by atoms with E-state index in [4.69, 9.17) is 10.8 Å². The second kappa shape index (κ2) is 6.21. The third-order valence-corrected chi connectivity index (χ3v) is 3.61. The topological polar surface area (TPSA) is 75.3 Å². The molecule has 1 amide bonds. The highest BCUT2D eigenvalue weighted by Crippen LogP contribution is 2.27. The van der Waals surface area contributed by atoms with Gasteiger partial charge >= 0.3 is 0 Å². The minimum Gasteiger partial charge on any atom is -0.396 e. The van der Waals surface area contributed by atoms with Crippen LogP contribution >= 0.6 is 0 Å². The Morgan fingerprint density at radius 1 is 1.50 bits per heavy atom. The summed E-state index contributed by atoms with van der Waals surface area (Å²) in [6.45, 7) is 2.89. The van der Waals surface area contributed by atoms with Crippen LogP contribution in [-0.2, 0) is 4.79 Å². The van der Waals surface area contributed by atoms with Crippen LogP contribution in [0.1, 0.15) is 45.4 Å². The summed E-state index contributed by atoms with van der Waals surface area (Å²) in [7, 11) is 0. The average Bonchev–Trinajstić information content (AvgIpc) is 2.72. The van der Waals surface area contributed by atoms with E-state index in [1.807, 2.05) is 0 Å². The lowest BCUT2D eigenvalue weighted by Crippen LogP contribution is -2.52. The van der Waals surface area contributed by atoms with Crippen LogP contribution in [0.25, 0.3) is 0 Å². The number of aliphatic hydroxyl groups excluding tert-OH is 1. The van der Waals surface area contributed by atoms with Gasteiger partial charge < -0.3 is 16.2 Å². The van der Waals surface area contributed by atoms with Crippen molar-refractivity contribution in [1.82, 2.24) is 5.32 Å². The van der Waals surface area contributed by atoms with E-state index in [-0.39, 0.29) is 12.5 Å². The number of hydrogen-bond acceptors (Lipinski definition) is 3. The molecule has 0 spiro atoms. The van der Waals surface area contributed by atoms with Gasteiger partial charge in [0.2, 0.25) is 5.91 Å². The Morgan fingerprint density at radius 3 is 2.62 bits per heavy atom. The second-order valence-corrected chi connectivity index (χ2v) is 4.86. The number of amides is 1. The lowest BCUT2D eigenvalue weighted by molar-refractivity contribution is -0.126. The quantitative estimate of drug-likeness (QED) is 0.629. The van der Waals surface area contributed by atoms with Crippen molar-refractivity contribution in [3.63, 3.8) is 0 Å². The fraction of sp³-hybridized carbons (Fsp3) is 0.917. The molecule has 1 aliphatic carbocycles. The summed E-state index contributed by atoms with van der Waals surface area (Å²) in [6, 6.07) is 0. The van der Waals surface area contributed by atoms with E-state index in [1.165, 1.54) is 0 Å². The molecule has 1 atom stereocenters. The van der Waals surface area contributed by atoms with Crippen molar-refractivity contribution in [3.05, 3.63) is 0 Å². The zero-order valence-corrected chi connectivity index (χ0v) is 10.2. The second-order valence-electron chi connectivity index (χ2n) is 4.86. The van der Waals surface area contributed by atoms with Crippen molar-refractivity contribution in [3.8, 4) is 0 Å². The number of hydrogen-bond donors (Lipinski definition) is 3. The molecule has 4 nitrogen and oxygen atoms in total. The minimum absolute atomic E-state index is 0.0126. The summed E-state index contributed by atoms with van der Waals surface area (Å²) in [6.07, 6.45) is 5.42. The van der Waals surface area contributed by atoms with Gasteiger partial charge in [0.15, 0.2) is 0 Å². The SMILES string of the molecule is CCC(CCO)CNC(=O)C1(N)CCCC1. The van der Waals surface area contributed by atoms with Crippen LogP contribution in [0.2, 0.25) is 0 Å². The lowest BCUT2D eigenvalue weighted by atomic mass is 9.97. The van der Waals surface area contributed by atoms with Gasteiger partial charge in [-0.3, -0.25) is 4.79 Å². The first-order valence-electron chi connectivity index (χ1n) is 6.30. The van der Waals surface area contributed by atoms with Gasteiger partial charge in [0.05, 0.1) is 5.54 Å². The fourth-order valence-corrected chi connectivity index (χ4v) is 2.28. The molecule has 0 radical (unpaired) electrons. The predicted octanol–water partition coefficient (Wildman–Crippen LogP) is 0.783. The highest BCUT2D eigenvalue weighted by molar-refractivity contribution is 5.86. The average molecular weight is 228 g/mol. The number of carbonyl (C=O) groups is 1. The number of aliphatic hydroxyl groups is 1. The van der Waals surface area contributed by atoms with Crippen LogP contribution in [0.5, 0.6) is 0 Å². The number of rotatable bonds is 6. The van der Waals surface area contributed by atoms with E-state index >= 15 is 0 Å². The molecule has 1 aliphatic rings. The van der Waals surface area contributed by atoms with Crippen molar-refractivity contribution in [1.29, 1.82) is 0 Å². The highest BCUT2D eigenvalue weighted by Gasteiger charge is 2.36. The zero-order chi connectivity index (χ0) is 12.0. The molecule has 1 fully saturated rings. The highest BCUT2D eigenvalue weighted by atomic mass is 16.3. The molecule has 0 saturated heterocycles. The van der Waals surface area contributed by atoms with E-state index in [9.17, 15) is 4.79 Å². The van der Waals surface area contributed by atoms with Gasteiger partial charge in [-0.25, -0.2) is 0 Å². The van der Waals surface area contributed by atoms with Gasteiger partial charge in [0.25, 0.3) is 0 Å². The molecule has 4 N–H and O–H groups in total. The van der Waals surface area contributed by atoms with Gasteiger partial charge in [0, 0.05) is 13.2 Å². The van der Waals surface area contributed by atoms with E-state index in [1.54, 1.807) is 0 Å². The van der Waals surface area contributed by atoms with Crippen molar-refractivity contribution in [2.45, 2.75) is 51.0 Å². The van der Waals surface area contributed by atoms with Crippen molar-refractivity contribution in [2.75, 3.05) is 13.2 Å². The first-order chi connectivity index (χ1) is 7.62. The number of nitrogens with two attached hydrogens (primary N) is 1. The Hall–Kier alpha value is -0.610. The molecule has 1 saturated carbocycles. The first kappa shape index (κ1) is 13.5. The van der Waals surface area contributed by atoms with Crippen molar-refractivity contribution in [2.24, 2.45) is 11.7 Å². The Balaban J connectivity index is 2.33. The van der Waals surface area contributed by atoms with Crippen molar-refractivity contribution >= 4 is 5.91 Å². The molecule has 94 valence electrons. The van der Waals surface area contributed by atoms with Crippen LogP contribution < -0.4 is 11.1 Å². The van der Waals surface area contributed by atoms with Gasteiger partial charge in [-0.2, -0.15) is 0 Å². The molecular weight excluding hydrogens is 204 g/mol. The molecule has 1 rings (SSSR count). The molecule has 4 heteroatoms. The van der Waals surface area contributed by atoms with Crippen molar-refractivity contribution < 1.29 is 9.90 Å². The third-order valence-electron chi connectivity index (χ3n) is 3.61.